The molecule has 0 saturated heterocycles. The van der Waals surface area contributed by atoms with E-state index in [9.17, 15) is 0 Å². The van der Waals surface area contributed by atoms with Crippen LogP contribution < -0.4 is 16.0 Å². The highest BCUT2D eigenvalue weighted by atomic mass is 15.2. The number of nitrogens with two attached hydrogens (primary N) is 1. The van der Waals surface area contributed by atoms with Gasteiger partial charge in [0.05, 0.1) is 0 Å². The van der Waals surface area contributed by atoms with Gasteiger partial charge in [0.25, 0.3) is 0 Å². The topological polar surface area (TPSA) is 67.1 Å². The zero-order valence-electron chi connectivity index (χ0n) is 13.1. The molecule has 5 nitrogen and oxygen atoms in total. The van der Waals surface area contributed by atoms with E-state index in [1.165, 1.54) is 11.1 Å². The lowest BCUT2D eigenvalue weighted by atomic mass is 10.1. The lowest BCUT2D eigenvalue weighted by Gasteiger charge is -2.21. The summed E-state index contributed by atoms with van der Waals surface area (Å²) in [5, 5.41) is 3.25. The summed E-state index contributed by atoms with van der Waals surface area (Å²) in [5.41, 5.74) is 9.39. The van der Waals surface area contributed by atoms with Crippen molar-refractivity contribution in [2.45, 2.75) is 27.2 Å². The van der Waals surface area contributed by atoms with Gasteiger partial charge in [0.2, 0.25) is 5.95 Å². The molecule has 0 bridgehead atoms. The molecule has 2 rings (SSSR count). The van der Waals surface area contributed by atoms with Gasteiger partial charge in [-0.05, 0) is 31.9 Å². The first kappa shape index (κ1) is 15.1. The van der Waals surface area contributed by atoms with Gasteiger partial charge in [0.1, 0.15) is 11.6 Å². The third-order valence-corrected chi connectivity index (χ3v) is 3.34. The number of benzene rings is 1. The lowest BCUT2D eigenvalue weighted by Crippen LogP contribution is -2.15. The summed E-state index contributed by atoms with van der Waals surface area (Å²) in [6.07, 6.45) is 1.03. The molecule has 0 saturated carbocycles. The maximum Gasteiger partial charge on any atom is 0.223 e. The Balaban J connectivity index is 2.33. The number of nitrogens with one attached hydrogen (secondary N) is 1. The minimum absolute atomic E-state index is 0.280. The standard InChI is InChI=1S/C16H23N5/c1-5-8-18-14-10-15(20-16(17)19-14)21(4)13-7-6-11(2)9-12(13)3/h6-7,9-10H,5,8H2,1-4H3,(H3,17,18,19,20). The number of rotatable bonds is 5. The number of nitrogen functional groups attached to an aromatic ring is 1. The summed E-state index contributed by atoms with van der Waals surface area (Å²) >= 11 is 0. The van der Waals surface area contributed by atoms with Crippen molar-refractivity contribution in [2.24, 2.45) is 0 Å². The number of aromatic nitrogens is 2. The summed E-state index contributed by atoms with van der Waals surface area (Å²) in [6, 6.07) is 8.28. The van der Waals surface area contributed by atoms with Gasteiger partial charge in [-0.15, -0.1) is 0 Å². The zero-order valence-corrected chi connectivity index (χ0v) is 13.1. The van der Waals surface area contributed by atoms with Crippen molar-refractivity contribution in [3.8, 4) is 0 Å². The monoisotopic (exact) mass is 285 g/mol. The van der Waals surface area contributed by atoms with E-state index in [0.717, 1.165) is 30.3 Å². The van der Waals surface area contributed by atoms with E-state index in [2.05, 4.69) is 54.3 Å². The smallest absolute Gasteiger partial charge is 0.223 e. The Morgan fingerprint density at radius 1 is 1.19 bits per heavy atom. The number of anilines is 4. The predicted octanol–water partition coefficient (Wildman–Crippen LogP) is 3.27. The Labute approximate surface area is 126 Å². The van der Waals surface area contributed by atoms with E-state index < -0.39 is 0 Å². The number of hydrogen-bond acceptors (Lipinski definition) is 5. The van der Waals surface area contributed by atoms with Crippen LogP contribution in [0.3, 0.4) is 0 Å². The van der Waals surface area contributed by atoms with Gasteiger partial charge in [-0.2, -0.15) is 9.97 Å². The van der Waals surface area contributed by atoms with Crippen molar-refractivity contribution in [3.05, 3.63) is 35.4 Å². The minimum Gasteiger partial charge on any atom is -0.370 e. The first-order valence-corrected chi connectivity index (χ1v) is 7.20. The summed E-state index contributed by atoms with van der Waals surface area (Å²) in [7, 11) is 1.99. The van der Waals surface area contributed by atoms with Crippen LogP contribution in [0.25, 0.3) is 0 Å². The second-order valence-corrected chi connectivity index (χ2v) is 5.25. The van der Waals surface area contributed by atoms with Gasteiger partial charge in [-0.3, -0.25) is 0 Å². The number of aryl methyl sites for hydroxylation is 2. The third kappa shape index (κ3) is 3.62. The van der Waals surface area contributed by atoms with E-state index in [4.69, 9.17) is 5.73 Å². The first-order valence-electron chi connectivity index (χ1n) is 7.20. The molecule has 5 heteroatoms. The van der Waals surface area contributed by atoms with E-state index >= 15 is 0 Å². The Bertz CT molecular complexity index is 624. The summed E-state index contributed by atoms with van der Waals surface area (Å²) in [5.74, 6) is 1.83. The Hall–Kier alpha value is -2.30. The Morgan fingerprint density at radius 2 is 1.95 bits per heavy atom. The normalized spacial score (nSPS) is 10.5. The largest absolute Gasteiger partial charge is 0.370 e. The first-order chi connectivity index (χ1) is 10.0. The molecule has 3 N–H and O–H groups in total. The van der Waals surface area contributed by atoms with E-state index in [0.29, 0.717) is 0 Å². The van der Waals surface area contributed by atoms with Crippen molar-refractivity contribution in [3.63, 3.8) is 0 Å². The minimum atomic E-state index is 0.280. The third-order valence-electron chi connectivity index (χ3n) is 3.34. The second kappa shape index (κ2) is 6.43. The molecule has 0 amide bonds. The fourth-order valence-electron chi connectivity index (χ4n) is 2.27. The van der Waals surface area contributed by atoms with Crippen molar-refractivity contribution in [2.75, 3.05) is 29.5 Å². The average molecular weight is 285 g/mol. The highest BCUT2D eigenvalue weighted by molar-refractivity contribution is 5.66. The van der Waals surface area contributed by atoms with Crippen LogP contribution in [-0.4, -0.2) is 23.6 Å². The summed E-state index contributed by atoms with van der Waals surface area (Å²) in [4.78, 5) is 10.6. The van der Waals surface area contributed by atoms with Crippen LogP contribution in [0.4, 0.5) is 23.3 Å². The van der Waals surface area contributed by atoms with Crippen LogP contribution in [0.15, 0.2) is 24.3 Å². The zero-order chi connectivity index (χ0) is 15.4. The molecule has 0 unspecified atom stereocenters. The molecule has 0 aliphatic rings. The van der Waals surface area contributed by atoms with Crippen LogP contribution in [0.1, 0.15) is 24.5 Å². The van der Waals surface area contributed by atoms with Gasteiger partial charge >= 0.3 is 0 Å². The molecule has 0 radical (unpaired) electrons. The van der Waals surface area contributed by atoms with Crippen LogP contribution in [0.5, 0.6) is 0 Å². The van der Waals surface area contributed by atoms with Crippen molar-refractivity contribution < 1.29 is 0 Å². The molecule has 0 aliphatic heterocycles. The Morgan fingerprint density at radius 3 is 2.62 bits per heavy atom. The molecule has 0 aliphatic carbocycles. The van der Waals surface area contributed by atoms with Crippen molar-refractivity contribution in [1.82, 2.24) is 9.97 Å². The predicted molar refractivity (Wildman–Crippen MR) is 89.2 cm³/mol. The van der Waals surface area contributed by atoms with E-state index in [-0.39, 0.29) is 5.95 Å². The molecular formula is C16H23N5. The SMILES string of the molecule is CCCNc1cc(N(C)c2ccc(C)cc2C)nc(N)n1. The van der Waals surface area contributed by atoms with Gasteiger partial charge in [0.15, 0.2) is 0 Å². The molecule has 1 aromatic heterocycles. The average Bonchev–Trinajstić information content (AvgIpc) is 2.44. The molecule has 1 aromatic carbocycles. The van der Waals surface area contributed by atoms with Crippen LogP contribution >= 0.6 is 0 Å². The molecule has 0 fully saturated rings. The van der Waals surface area contributed by atoms with Crippen LogP contribution in [0, 0.1) is 13.8 Å². The molecular weight excluding hydrogens is 262 g/mol. The molecule has 21 heavy (non-hydrogen) atoms. The maximum absolute atomic E-state index is 5.82. The van der Waals surface area contributed by atoms with Crippen LogP contribution in [-0.2, 0) is 0 Å². The summed E-state index contributed by atoms with van der Waals surface area (Å²) in [6.45, 7) is 7.16. The number of hydrogen-bond donors (Lipinski definition) is 2. The second-order valence-electron chi connectivity index (χ2n) is 5.25. The van der Waals surface area contributed by atoms with Gasteiger partial charge in [0, 0.05) is 25.3 Å². The van der Waals surface area contributed by atoms with Crippen LogP contribution in [0.2, 0.25) is 0 Å². The highest BCUT2D eigenvalue weighted by Gasteiger charge is 2.11. The van der Waals surface area contributed by atoms with E-state index in [1.54, 1.807) is 0 Å². The quantitative estimate of drug-likeness (QED) is 0.882. The molecule has 2 aromatic rings. The molecule has 0 atom stereocenters. The lowest BCUT2D eigenvalue weighted by molar-refractivity contribution is 0.964. The Kier molecular flexibility index (Phi) is 4.62. The molecule has 1 heterocycles. The molecule has 0 spiro atoms. The van der Waals surface area contributed by atoms with Gasteiger partial charge < -0.3 is 16.0 Å². The van der Waals surface area contributed by atoms with Crippen molar-refractivity contribution >= 4 is 23.3 Å². The number of nitrogens with zero attached hydrogens (tertiary/aromatic N) is 3. The maximum atomic E-state index is 5.82. The fraction of sp³-hybridized carbons (Fsp3) is 0.375. The fourth-order valence-corrected chi connectivity index (χ4v) is 2.27. The van der Waals surface area contributed by atoms with E-state index in [1.807, 2.05) is 18.0 Å². The highest BCUT2D eigenvalue weighted by Crippen LogP contribution is 2.27. The summed E-state index contributed by atoms with van der Waals surface area (Å²) < 4.78 is 0. The van der Waals surface area contributed by atoms with Gasteiger partial charge in [-0.1, -0.05) is 24.6 Å². The molecule has 112 valence electrons. The van der Waals surface area contributed by atoms with Gasteiger partial charge in [-0.25, -0.2) is 0 Å². The van der Waals surface area contributed by atoms with Crippen molar-refractivity contribution in [1.29, 1.82) is 0 Å².